The quantitative estimate of drug-likeness (QED) is 0.128. The minimum Gasteiger partial charge on any atom is -0.361 e. The van der Waals surface area contributed by atoms with Crippen LogP contribution in [0.1, 0.15) is 37.8 Å². The molecule has 2 aliphatic carbocycles. The smallest absolute Gasteiger partial charge is 0.361 e. The Hall–Kier alpha value is -3.61. The van der Waals surface area contributed by atoms with Crippen LogP contribution in [-0.2, 0) is 34.8 Å². The maximum atomic E-state index is 13.1. The van der Waals surface area contributed by atoms with Gasteiger partial charge in [-0.25, -0.2) is 40.9 Å². The molecule has 2 nitrogen and oxygen atoms in total. The Kier molecular flexibility index (Phi) is 14.7. The van der Waals surface area contributed by atoms with Crippen molar-refractivity contribution in [1.29, 1.82) is 0 Å². The standard InChI is InChI=1S/2C11H8F2N.2C6H7.Ti/c2*12-10-4-3-9(11(13)7-10)8-14-5-1-2-6-14;2*1-6-4-2-3-5-6;/h2*1-6H,8H2;2*2,4H,3H2,1H3;/q4*-1;+4. The van der Waals surface area contributed by atoms with Crippen molar-refractivity contribution in [3.05, 3.63) is 167 Å². The maximum absolute atomic E-state index is 13.1. The number of aromatic nitrogens is 2. The second kappa shape index (κ2) is 18.0. The summed E-state index contributed by atoms with van der Waals surface area (Å²) in [6.07, 6.45) is 24.0. The molecule has 2 aromatic carbocycles. The number of hydrogen-bond acceptors (Lipinski definition) is 0. The number of allylic oxidation sites excluding steroid dienone is 8. The van der Waals surface area contributed by atoms with E-state index in [1.54, 1.807) is 0 Å². The Labute approximate surface area is 254 Å². The predicted octanol–water partition coefficient (Wildman–Crippen LogP) is 8.62. The summed E-state index contributed by atoms with van der Waals surface area (Å²) in [6.45, 7) is 4.91. The topological polar surface area (TPSA) is 9.86 Å². The summed E-state index contributed by atoms with van der Waals surface area (Å²) in [6, 6.07) is 16.7. The second-order valence-corrected chi connectivity index (χ2v) is 8.93. The van der Waals surface area contributed by atoms with Crippen LogP contribution < -0.4 is 0 Å². The van der Waals surface area contributed by atoms with Crippen molar-refractivity contribution in [2.45, 2.75) is 39.8 Å². The zero-order valence-corrected chi connectivity index (χ0v) is 24.5. The largest absolute Gasteiger partial charge is 4.00 e. The SMILES string of the molecule is CC1=[C-]CC=C1.CC1=[C-]CC=C1.Fc1[c-]c(F)c(Cn2cccc2)cc1.Fc1[c-]c(F)c(Cn2cccc2)cc1.[Ti+4]. The summed E-state index contributed by atoms with van der Waals surface area (Å²) >= 11 is 0. The number of benzene rings is 2. The van der Waals surface area contributed by atoms with Gasteiger partial charge in [-0.05, 0) is 24.3 Å². The third-order valence-electron chi connectivity index (χ3n) is 5.66. The van der Waals surface area contributed by atoms with Crippen LogP contribution in [0.4, 0.5) is 17.6 Å². The van der Waals surface area contributed by atoms with Crippen LogP contribution in [0.15, 0.2) is 109 Å². The van der Waals surface area contributed by atoms with E-state index in [1.807, 2.05) is 70.3 Å². The molecule has 0 spiro atoms. The first-order valence-corrected chi connectivity index (χ1v) is 12.7. The van der Waals surface area contributed by atoms with Crippen LogP contribution >= 0.6 is 0 Å². The fourth-order valence-electron chi connectivity index (χ4n) is 3.57. The predicted molar refractivity (Wildman–Crippen MR) is 150 cm³/mol. The van der Waals surface area contributed by atoms with E-state index >= 15 is 0 Å². The van der Waals surface area contributed by atoms with Gasteiger partial charge in [-0.15, -0.1) is 48.2 Å². The summed E-state index contributed by atoms with van der Waals surface area (Å²) < 4.78 is 54.9. The van der Waals surface area contributed by atoms with Gasteiger partial charge in [-0.2, -0.15) is 24.3 Å². The summed E-state index contributed by atoms with van der Waals surface area (Å²) in [7, 11) is 0. The molecule has 0 N–H and O–H groups in total. The molecule has 2 heterocycles. The molecule has 208 valence electrons. The third kappa shape index (κ3) is 12.6. The van der Waals surface area contributed by atoms with E-state index in [0.29, 0.717) is 24.2 Å². The fraction of sp³-hybridized carbons (Fsp3) is 0.176. The molecular weight excluding hydrogens is 560 g/mol. The molecule has 0 saturated carbocycles. The third-order valence-corrected chi connectivity index (χ3v) is 5.66. The van der Waals surface area contributed by atoms with Crippen LogP contribution in [0, 0.1) is 47.6 Å². The van der Waals surface area contributed by atoms with Crippen LogP contribution in [0.25, 0.3) is 0 Å². The number of nitrogens with zero attached hydrogens (tertiary/aromatic N) is 2. The number of rotatable bonds is 4. The van der Waals surface area contributed by atoms with Gasteiger partial charge < -0.3 is 9.13 Å². The molecular formula is C34H30F4N2Ti. The Morgan fingerprint density at radius 1 is 0.610 bits per heavy atom. The first kappa shape index (κ1) is 33.6. The number of hydrogen-bond donors (Lipinski definition) is 0. The summed E-state index contributed by atoms with van der Waals surface area (Å²) in [5, 5.41) is 0. The first-order chi connectivity index (χ1) is 19.3. The summed E-state index contributed by atoms with van der Waals surface area (Å²) in [5.74, 6) is -2.59. The maximum Gasteiger partial charge on any atom is 4.00 e. The van der Waals surface area contributed by atoms with Crippen molar-refractivity contribution in [2.75, 3.05) is 0 Å². The van der Waals surface area contributed by atoms with Gasteiger partial charge in [0, 0.05) is 61.1 Å². The van der Waals surface area contributed by atoms with E-state index in [0.717, 1.165) is 12.8 Å². The molecule has 2 aromatic heterocycles. The van der Waals surface area contributed by atoms with Gasteiger partial charge in [0.25, 0.3) is 0 Å². The van der Waals surface area contributed by atoms with Gasteiger partial charge in [0.05, 0.1) is 0 Å². The molecule has 41 heavy (non-hydrogen) atoms. The summed E-state index contributed by atoms with van der Waals surface area (Å²) in [4.78, 5) is 0. The van der Waals surface area contributed by atoms with E-state index in [9.17, 15) is 17.6 Å². The van der Waals surface area contributed by atoms with Crippen molar-refractivity contribution >= 4 is 0 Å². The first-order valence-electron chi connectivity index (χ1n) is 12.7. The molecule has 0 atom stereocenters. The molecule has 0 amide bonds. The van der Waals surface area contributed by atoms with Crippen molar-refractivity contribution < 1.29 is 39.3 Å². The fourth-order valence-corrected chi connectivity index (χ4v) is 3.57. The average molecular weight is 590 g/mol. The van der Waals surface area contributed by atoms with Crippen molar-refractivity contribution in [2.24, 2.45) is 0 Å². The average Bonchev–Trinajstić information content (AvgIpc) is 3.74. The molecule has 0 saturated heterocycles. The van der Waals surface area contributed by atoms with Crippen LogP contribution in [0.3, 0.4) is 0 Å². The van der Waals surface area contributed by atoms with E-state index in [2.05, 4.69) is 50.3 Å². The Balaban J connectivity index is 0.000000204. The monoisotopic (exact) mass is 590 g/mol. The van der Waals surface area contributed by atoms with Gasteiger partial charge >= 0.3 is 21.7 Å². The molecule has 4 aromatic rings. The minimum atomic E-state index is -0.668. The zero-order chi connectivity index (χ0) is 28.7. The Morgan fingerprint density at radius 2 is 0.976 bits per heavy atom. The van der Waals surface area contributed by atoms with E-state index in [4.69, 9.17) is 0 Å². The Morgan fingerprint density at radius 3 is 1.22 bits per heavy atom. The van der Waals surface area contributed by atoms with Crippen LogP contribution in [-0.4, -0.2) is 9.13 Å². The number of halogens is 4. The van der Waals surface area contributed by atoms with Crippen LogP contribution in [0.5, 0.6) is 0 Å². The molecule has 0 unspecified atom stereocenters. The zero-order valence-electron chi connectivity index (χ0n) is 23.0. The van der Waals surface area contributed by atoms with Gasteiger partial charge in [-0.1, -0.05) is 13.8 Å². The molecule has 0 fully saturated rings. The molecule has 7 heteroatoms. The van der Waals surface area contributed by atoms with Gasteiger partial charge in [0.15, 0.2) is 0 Å². The van der Waals surface area contributed by atoms with E-state index < -0.39 is 23.3 Å². The van der Waals surface area contributed by atoms with Crippen molar-refractivity contribution in [3.8, 4) is 0 Å². The van der Waals surface area contributed by atoms with Gasteiger partial charge in [0.1, 0.15) is 0 Å². The van der Waals surface area contributed by atoms with E-state index in [-0.39, 0.29) is 21.7 Å². The van der Waals surface area contributed by atoms with Gasteiger partial charge in [-0.3, -0.25) is 12.2 Å². The summed E-state index contributed by atoms with van der Waals surface area (Å²) in [5.41, 5.74) is 3.41. The van der Waals surface area contributed by atoms with Crippen molar-refractivity contribution in [1.82, 2.24) is 9.13 Å². The molecule has 2 aliphatic rings. The van der Waals surface area contributed by atoms with Gasteiger partial charge in [0.2, 0.25) is 0 Å². The Bertz CT molecular complexity index is 1330. The normalized spacial score (nSPS) is 12.5. The van der Waals surface area contributed by atoms with E-state index in [1.165, 1.54) is 35.4 Å². The second-order valence-electron chi connectivity index (χ2n) is 8.93. The minimum absolute atomic E-state index is 0. The molecule has 6 rings (SSSR count). The molecule has 0 aliphatic heterocycles. The van der Waals surface area contributed by atoms with Crippen LogP contribution in [0.2, 0.25) is 0 Å². The molecule has 0 radical (unpaired) electrons. The molecule has 0 bridgehead atoms. The van der Waals surface area contributed by atoms with Crippen molar-refractivity contribution in [3.63, 3.8) is 0 Å².